The van der Waals surface area contributed by atoms with Gasteiger partial charge in [-0.3, -0.25) is 9.78 Å². The number of hydrogen-bond acceptors (Lipinski definition) is 4. The molecule has 0 bridgehead atoms. The lowest BCUT2D eigenvalue weighted by Gasteiger charge is -2.36. The Morgan fingerprint density at radius 3 is 2.62 bits per heavy atom. The molecule has 0 aliphatic carbocycles. The quantitative estimate of drug-likeness (QED) is 0.741. The number of piperazine rings is 1. The summed E-state index contributed by atoms with van der Waals surface area (Å²) in [4.78, 5) is 19.2. The van der Waals surface area contributed by atoms with Crippen LogP contribution >= 0.6 is 0 Å². The molecular weight excluding hydrogens is 204 g/mol. The summed E-state index contributed by atoms with van der Waals surface area (Å²) in [5.41, 5.74) is 7.57. The van der Waals surface area contributed by atoms with Gasteiger partial charge in [-0.1, -0.05) is 0 Å². The molecule has 0 spiro atoms. The molecule has 0 saturated carbocycles. The first-order valence-corrected chi connectivity index (χ1v) is 5.38. The summed E-state index contributed by atoms with van der Waals surface area (Å²) >= 11 is 0. The Labute approximate surface area is 94.9 Å². The van der Waals surface area contributed by atoms with Crippen molar-refractivity contribution in [2.75, 3.05) is 36.8 Å². The van der Waals surface area contributed by atoms with E-state index in [-0.39, 0.29) is 5.91 Å². The number of carbonyl (C=O) groups excluding carboxylic acids is 1. The van der Waals surface area contributed by atoms with Gasteiger partial charge < -0.3 is 15.5 Å². The summed E-state index contributed by atoms with van der Waals surface area (Å²) < 4.78 is 0. The Morgan fingerprint density at radius 1 is 1.38 bits per heavy atom. The van der Waals surface area contributed by atoms with Crippen molar-refractivity contribution >= 4 is 17.3 Å². The second-order valence-electron chi connectivity index (χ2n) is 3.93. The number of nitrogen functional groups attached to an aromatic ring is 1. The maximum absolute atomic E-state index is 11.2. The topological polar surface area (TPSA) is 62.5 Å². The lowest BCUT2D eigenvalue weighted by molar-refractivity contribution is -0.129. The fourth-order valence-corrected chi connectivity index (χ4v) is 1.95. The van der Waals surface area contributed by atoms with Crippen molar-refractivity contribution in [2.24, 2.45) is 0 Å². The summed E-state index contributed by atoms with van der Waals surface area (Å²) in [5.74, 6) is 0.141. The zero-order valence-corrected chi connectivity index (χ0v) is 9.39. The minimum absolute atomic E-state index is 0.141. The molecule has 1 saturated heterocycles. The van der Waals surface area contributed by atoms with Crippen molar-refractivity contribution in [1.29, 1.82) is 0 Å². The van der Waals surface area contributed by atoms with Gasteiger partial charge in [0.2, 0.25) is 5.91 Å². The third-order valence-corrected chi connectivity index (χ3v) is 2.89. The highest BCUT2D eigenvalue weighted by Gasteiger charge is 2.19. The molecule has 0 radical (unpaired) electrons. The maximum atomic E-state index is 11.2. The van der Waals surface area contributed by atoms with Gasteiger partial charge in [0.25, 0.3) is 0 Å². The standard InChI is InChI=1S/C11H16N4O/c1-9(16)14-4-6-15(7-5-14)11-2-3-13-8-10(11)12/h2-3,8H,4-7,12H2,1H3. The van der Waals surface area contributed by atoms with Crippen LogP contribution in [0.2, 0.25) is 0 Å². The van der Waals surface area contributed by atoms with E-state index in [1.807, 2.05) is 11.0 Å². The lowest BCUT2D eigenvalue weighted by atomic mass is 10.2. The maximum Gasteiger partial charge on any atom is 0.219 e. The highest BCUT2D eigenvalue weighted by molar-refractivity contribution is 5.74. The Morgan fingerprint density at radius 2 is 2.06 bits per heavy atom. The van der Waals surface area contributed by atoms with Crippen molar-refractivity contribution < 1.29 is 4.79 Å². The molecule has 5 nitrogen and oxygen atoms in total. The SMILES string of the molecule is CC(=O)N1CCN(c2ccncc2N)CC1. The molecule has 1 aliphatic rings. The molecule has 1 amide bonds. The third kappa shape index (κ3) is 2.08. The molecule has 1 aliphatic heterocycles. The van der Waals surface area contributed by atoms with Gasteiger partial charge in [-0.2, -0.15) is 0 Å². The number of anilines is 2. The summed E-state index contributed by atoms with van der Waals surface area (Å²) in [5, 5.41) is 0. The number of hydrogen-bond donors (Lipinski definition) is 1. The fourth-order valence-electron chi connectivity index (χ4n) is 1.95. The highest BCUT2D eigenvalue weighted by Crippen LogP contribution is 2.22. The molecule has 0 aromatic carbocycles. The highest BCUT2D eigenvalue weighted by atomic mass is 16.2. The summed E-state index contributed by atoms with van der Waals surface area (Å²) in [6.45, 7) is 4.78. The van der Waals surface area contributed by atoms with Crippen LogP contribution in [0.25, 0.3) is 0 Å². The first-order chi connectivity index (χ1) is 7.68. The van der Waals surface area contributed by atoms with Crippen molar-refractivity contribution in [3.8, 4) is 0 Å². The minimum atomic E-state index is 0.141. The predicted octanol–water partition coefficient (Wildman–Crippen LogP) is 0.332. The van der Waals surface area contributed by atoms with Crippen LogP contribution in [0, 0.1) is 0 Å². The number of nitrogens with zero attached hydrogens (tertiary/aromatic N) is 3. The summed E-state index contributed by atoms with van der Waals surface area (Å²) in [7, 11) is 0. The van der Waals surface area contributed by atoms with Gasteiger partial charge in [-0.25, -0.2) is 0 Å². The molecule has 2 heterocycles. The van der Waals surface area contributed by atoms with Gasteiger partial charge in [0.05, 0.1) is 17.6 Å². The van der Waals surface area contributed by atoms with E-state index in [1.165, 1.54) is 0 Å². The fraction of sp³-hybridized carbons (Fsp3) is 0.455. The van der Waals surface area contributed by atoms with E-state index in [1.54, 1.807) is 19.3 Å². The van der Waals surface area contributed by atoms with Crippen molar-refractivity contribution in [3.05, 3.63) is 18.5 Å². The molecule has 1 fully saturated rings. The molecular formula is C11H16N4O. The number of aromatic nitrogens is 1. The zero-order valence-electron chi connectivity index (χ0n) is 9.39. The number of carbonyl (C=O) groups is 1. The Balaban J connectivity index is 2.05. The Hall–Kier alpha value is -1.78. The van der Waals surface area contributed by atoms with Crippen molar-refractivity contribution in [2.45, 2.75) is 6.92 Å². The summed E-state index contributed by atoms with van der Waals surface area (Å²) in [6, 6.07) is 1.92. The third-order valence-electron chi connectivity index (χ3n) is 2.89. The average molecular weight is 220 g/mol. The largest absolute Gasteiger partial charge is 0.396 e. The van der Waals surface area contributed by atoms with Gasteiger partial charge in [0, 0.05) is 39.3 Å². The van der Waals surface area contributed by atoms with Crippen LogP contribution in [0.5, 0.6) is 0 Å². The second-order valence-corrected chi connectivity index (χ2v) is 3.93. The lowest BCUT2D eigenvalue weighted by Crippen LogP contribution is -2.48. The number of rotatable bonds is 1. The van der Waals surface area contributed by atoms with Gasteiger partial charge in [0.15, 0.2) is 0 Å². The van der Waals surface area contributed by atoms with Crippen LogP contribution in [0.15, 0.2) is 18.5 Å². The summed E-state index contributed by atoms with van der Waals surface area (Å²) in [6.07, 6.45) is 3.40. The molecule has 0 unspecified atom stereocenters. The first kappa shape index (κ1) is 10.7. The van der Waals surface area contributed by atoms with Crippen LogP contribution in [-0.4, -0.2) is 42.0 Å². The molecule has 1 aromatic rings. The molecule has 0 atom stereocenters. The van der Waals surface area contributed by atoms with E-state index in [0.717, 1.165) is 31.9 Å². The molecule has 1 aromatic heterocycles. The van der Waals surface area contributed by atoms with E-state index in [0.29, 0.717) is 5.69 Å². The second kappa shape index (κ2) is 4.38. The minimum Gasteiger partial charge on any atom is -0.396 e. The molecule has 2 rings (SSSR count). The predicted molar refractivity (Wildman–Crippen MR) is 63.1 cm³/mol. The normalized spacial score (nSPS) is 16.3. The van der Waals surface area contributed by atoms with E-state index >= 15 is 0 Å². The van der Waals surface area contributed by atoms with Crippen molar-refractivity contribution in [1.82, 2.24) is 9.88 Å². The van der Waals surface area contributed by atoms with Crippen LogP contribution in [0.4, 0.5) is 11.4 Å². The van der Waals surface area contributed by atoms with Crippen LogP contribution < -0.4 is 10.6 Å². The smallest absolute Gasteiger partial charge is 0.219 e. The monoisotopic (exact) mass is 220 g/mol. The average Bonchev–Trinajstić information content (AvgIpc) is 2.30. The van der Waals surface area contributed by atoms with Crippen molar-refractivity contribution in [3.63, 3.8) is 0 Å². The zero-order chi connectivity index (χ0) is 11.5. The van der Waals surface area contributed by atoms with Gasteiger partial charge >= 0.3 is 0 Å². The van der Waals surface area contributed by atoms with Gasteiger partial charge in [-0.05, 0) is 6.07 Å². The van der Waals surface area contributed by atoms with Crippen LogP contribution in [0.1, 0.15) is 6.92 Å². The van der Waals surface area contributed by atoms with E-state index in [4.69, 9.17) is 5.73 Å². The van der Waals surface area contributed by atoms with Gasteiger partial charge in [-0.15, -0.1) is 0 Å². The molecule has 16 heavy (non-hydrogen) atoms. The number of pyridine rings is 1. The van der Waals surface area contributed by atoms with E-state index < -0.39 is 0 Å². The van der Waals surface area contributed by atoms with Crippen LogP contribution in [-0.2, 0) is 4.79 Å². The first-order valence-electron chi connectivity index (χ1n) is 5.38. The number of nitrogens with two attached hydrogens (primary N) is 1. The van der Waals surface area contributed by atoms with Gasteiger partial charge in [0.1, 0.15) is 0 Å². The molecule has 86 valence electrons. The van der Waals surface area contributed by atoms with E-state index in [2.05, 4.69) is 9.88 Å². The molecule has 2 N–H and O–H groups in total. The van der Waals surface area contributed by atoms with E-state index in [9.17, 15) is 4.79 Å². The molecule has 5 heteroatoms. The Kier molecular flexibility index (Phi) is 2.94. The number of amides is 1. The van der Waals surface area contributed by atoms with Crippen LogP contribution in [0.3, 0.4) is 0 Å². The Bertz CT molecular complexity index is 385.